The van der Waals surface area contributed by atoms with Gasteiger partial charge >= 0.3 is 6.03 Å². The predicted octanol–water partition coefficient (Wildman–Crippen LogP) is 1.27. The van der Waals surface area contributed by atoms with Crippen LogP contribution in [-0.2, 0) is 4.79 Å². The van der Waals surface area contributed by atoms with Crippen LogP contribution < -0.4 is 10.6 Å². The minimum Gasteiger partial charge on any atom is -0.331 e. The van der Waals surface area contributed by atoms with Crippen molar-refractivity contribution in [3.8, 4) is 6.07 Å². The van der Waals surface area contributed by atoms with Crippen molar-refractivity contribution < 1.29 is 9.59 Å². The molecule has 16 heavy (non-hydrogen) atoms. The predicted molar refractivity (Wildman–Crippen MR) is 58.9 cm³/mol. The summed E-state index contributed by atoms with van der Waals surface area (Å²) in [5.41, 5.74) is 0.976. The SMILES string of the molecule is CC(=O)CNC(=O)Nc1cccc(C#N)c1. The van der Waals surface area contributed by atoms with E-state index in [2.05, 4.69) is 10.6 Å². The first-order chi connectivity index (χ1) is 7.61. The van der Waals surface area contributed by atoms with Crippen LogP contribution in [0.3, 0.4) is 0 Å². The van der Waals surface area contributed by atoms with Crippen molar-refractivity contribution in [3.05, 3.63) is 29.8 Å². The van der Waals surface area contributed by atoms with E-state index < -0.39 is 6.03 Å². The van der Waals surface area contributed by atoms with Crippen LogP contribution in [0.4, 0.5) is 10.5 Å². The van der Waals surface area contributed by atoms with Crippen LogP contribution in [0.5, 0.6) is 0 Å². The standard InChI is InChI=1S/C11H11N3O2/c1-8(15)7-13-11(16)14-10-4-2-3-9(5-10)6-12/h2-5H,7H2,1H3,(H2,13,14,16). The first-order valence-corrected chi connectivity index (χ1v) is 4.66. The average Bonchev–Trinajstić information content (AvgIpc) is 2.26. The lowest BCUT2D eigenvalue weighted by atomic mass is 10.2. The van der Waals surface area contributed by atoms with Crippen LogP contribution in [0.1, 0.15) is 12.5 Å². The van der Waals surface area contributed by atoms with Gasteiger partial charge in [-0.25, -0.2) is 4.79 Å². The molecule has 0 heterocycles. The highest BCUT2D eigenvalue weighted by molar-refractivity contribution is 5.92. The van der Waals surface area contributed by atoms with Crippen molar-refractivity contribution in [1.29, 1.82) is 5.26 Å². The van der Waals surface area contributed by atoms with Crippen LogP contribution in [-0.4, -0.2) is 18.4 Å². The number of hydrogen-bond acceptors (Lipinski definition) is 3. The highest BCUT2D eigenvalue weighted by Crippen LogP contribution is 2.09. The van der Waals surface area contributed by atoms with E-state index in [0.717, 1.165) is 0 Å². The van der Waals surface area contributed by atoms with Gasteiger partial charge in [-0.15, -0.1) is 0 Å². The minimum atomic E-state index is -0.467. The largest absolute Gasteiger partial charge is 0.331 e. The molecule has 5 heteroatoms. The number of Topliss-reactive ketones (excluding diaryl/α,β-unsaturated/α-hetero) is 1. The maximum Gasteiger partial charge on any atom is 0.319 e. The second-order valence-electron chi connectivity index (χ2n) is 3.20. The Balaban J connectivity index is 2.56. The zero-order valence-electron chi connectivity index (χ0n) is 8.78. The summed E-state index contributed by atoms with van der Waals surface area (Å²) in [7, 11) is 0. The monoisotopic (exact) mass is 217 g/mol. The lowest BCUT2D eigenvalue weighted by Crippen LogP contribution is -2.32. The van der Waals surface area contributed by atoms with Crippen molar-refractivity contribution in [1.82, 2.24) is 5.32 Å². The van der Waals surface area contributed by atoms with Crippen molar-refractivity contribution in [2.45, 2.75) is 6.92 Å². The third-order valence-corrected chi connectivity index (χ3v) is 1.75. The molecule has 0 radical (unpaired) electrons. The highest BCUT2D eigenvalue weighted by Gasteiger charge is 2.02. The summed E-state index contributed by atoms with van der Waals surface area (Å²) in [5.74, 6) is -0.124. The molecule has 1 aromatic carbocycles. The smallest absolute Gasteiger partial charge is 0.319 e. The zero-order chi connectivity index (χ0) is 12.0. The van der Waals surface area contributed by atoms with Gasteiger partial charge in [0.15, 0.2) is 0 Å². The summed E-state index contributed by atoms with van der Waals surface area (Å²) >= 11 is 0. The maximum absolute atomic E-state index is 11.3. The Morgan fingerprint density at radius 2 is 2.19 bits per heavy atom. The molecule has 0 aliphatic rings. The van der Waals surface area contributed by atoms with Crippen molar-refractivity contribution in [3.63, 3.8) is 0 Å². The molecule has 1 rings (SSSR count). The molecule has 82 valence electrons. The van der Waals surface area contributed by atoms with Crippen molar-refractivity contribution in [2.24, 2.45) is 0 Å². The number of ketones is 1. The Morgan fingerprint density at radius 1 is 1.44 bits per heavy atom. The molecule has 0 aliphatic carbocycles. The Kier molecular flexibility index (Phi) is 4.04. The molecule has 5 nitrogen and oxygen atoms in total. The number of carbonyl (C=O) groups is 2. The molecule has 0 fully saturated rings. The number of anilines is 1. The molecule has 2 N–H and O–H groups in total. The number of nitrogens with zero attached hydrogens (tertiary/aromatic N) is 1. The lowest BCUT2D eigenvalue weighted by Gasteiger charge is -2.05. The molecule has 2 amide bonds. The van der Waals surface area contributed by atoms with Gasteiger partial charge in [0.25, 0.3) is 0 Å². The van der Waals surface area contributed by atoms with Gasteiger partial charge in [-0.1, -0.05) is 6.07 Å². The number of hydrogen-bond donors (Lipinski definition) is 2. The molecule has 0 saturated heterocycles. The molecular formula is C11H11N3O2. The molecule has 0 aliphatic heterocycles. The molecule has 0 unspecified atom stereocenters. The average molecular weight is 217 g/mol. The van der Waals surface area contributed by atoms with E-state index in [0.29, 0.717) is 11.3 Å². The summed E-state index contributed by atoms with van der Waals surface area (Å²) in [6, 6.07) is 8.01. The van der Waals surface area contributed by atoms with E-state index >= 15 is 0 Å². The van der Waals surface area contributed by atoms with Gasteiger partial charge < -0.3 is 10.6 Å². The fourth-order valence-electron chi connectivity index (χ4n) is 1.05. The van der Waals surface area contributed by atoms with Gasteiger partial charge in [0, 0.05) is 5.69 Å². The molecule has 1 aromatic rings. The Labute approximate surface area is 93.1 Å². The van der Waals surface area contributed by atoms with Gasteiger partial charge in [0.05, 0.1) is 18.2 Å². The molecule has 0 atom stereocenters. The van der Waals surface area contributed by atoms with Gasteiger partial charge in [0.2, 0.25) is 0 Å². The fourth-order valence-corrected chi connectivity index (χ4v) is 1.05. The van der Waals surface area contributed by atoms with Crippen LogP contribution in [0, 0.1) is 11.3 Å². The number of urea groups is 1. The Hall–Kier alpha value is -2.35. The van der Waals surface area contributed by atoms with Gasteiger partial charge in [-0.3, -0.25) is 4.79 Å². The van der Waals surface area contributed by atoms with E-state index in [-0.39, 0.29) is 12.3 Å². The number of nitriles is 1. The zero-order valence-corrected chi connectivity index (χ0v) is 8.78. The van der Waals surface area contributed by atoms with Gasteiger partial charge in [-0.05, 0) is 25.1 Å². The summed E-state index contributed by atoms with van der Waals surface area (Å²) in [5, 5.41) is 13.6. The number of amides is 2. The van der Waals surface area contributed by atoms with E-state index in [9.17, 15) is 9.59 Å². The van der Waals surface area contributed by atoms with Crippen LogP contribution in [0.2, 0.25) is 0 Å². The highest BCUT2D eigenvalue weighted by atomic mass is 16.2. The normalized spacial score (nSPS) is 9.00. The summed E-state index contributed by atoms with van der Waals surface area (Å²) in [4.78, 5) is 21.9. The van der Waals surface area contributed by atoms with E-state index in [1.165, 1.54) is 6.92 Å². The molecule has 0 saturated carbocycles. The quantitative estimate of drug-likeness (QED) is 0.799. The summed E-state index contributed by atoms with van der Waals surface area (Å²) in [6.45, 7) is 1.38. The van der Waals surface area contributed by atoms with E-state index in [4.69, 9.17) is 5.26 Å². The maximum atomic E-state index is 11.3. The third-order valence-electron chi connectivity index (χ3n) is 1.75. The van der Waals surface area contributed by atoms with Crippen LogP contribution >= 0.6 is 0 Å². The molecule has 0 spiro atoms. The number of carbonyl (C=O) groups excluding carboxylic acids is 2. The van der Waals surface area contributed by atoms with Crippen molar-refractivity contribution in [2.75, 3.05) is 11.9 Å². The van der Waals surface area contributed by atoms with Crippen LogP contribution in [0.15, 0.2) is 24.3 Å². The second kappa shape index (κ2) is 5.51. The molecule has 0 aromatic heterocycles. The number of rotatable bonds is 3. The second-order valence-corrected chi connectivity index (χ2v) is 3.20. The third kappa shape index (κ3) is 3.80. The van der Waals surface area contributed by atoms with Gasteiger partial charge in [-0.2, -0.15) is 5.26 Å². The van der Waals surface area contributed by atoms with Crippen molar-refractivity contribution >= 4 is 17.5 Å². The van der Waals surface area contributed by atoms with Crippen LogP contribution in [0.25, 0.3) is 0 Å². The topological polar surface area (TPSA) is 82.0 Å². The van der Waals surface area contributed by atoms with Gasteiger partial charge in [0.1, 0.15) is 5.78 Å². The molecule has 0 bridgehead atoms. The summed E-state index contributed by atoms with van der Waals surface area (Å²) in [6.07, 6.45) is 0. The number of nitrogens with one attached hydrogen (secondary N) is 2. The van der Waals surface area contributed by atoms with E-state index in [1.807, 2.05) is 6.07 Å². The Bertz CT molecular complexity index is 449. The minimum absolute atomic E-state index is 0.0101. The lowest BCUT2D eigenvalue weighted by molar-refractivity contribution is -0.116. The summed E-state index contributed by atoms with van der Waals surface area (Å²) < 4.78 is 0. The number of benzene rings is 1. The Morgan fingerprint density at radius 3 is 2.81 bits per heavy atom. The first-order valence-electron chi connectivity index (χ1n) is 4.66. The fraction of sp³-hybridized carbons (Fsp3) is 0.182. The molecular weight excluding hydrogens is 206 g/mol. The van der Waals surface area contributed by atoms with E-state index in [1.54, 1.807) is 24.3 Å². The first kappa shape index (κ1) is 11.7.